The van der Waals surface area contributed by atoms with Gasteiger partial charge in [0.25, 0.3) is 0 Å². The molecule has 1 aromatic rings. The van der Waals surface area contributed by atoms with Gasteiger partial charge >= 0.3 is 0 Å². The summed E-state index contributed by atoms with van der Waals surface area (Å²) < 4.78 is 22.8. The Kier molecular flexibility index (Phi) is 3.54. The Morgan fingerprint density at radius 1 is 1.32 bits per heavy atom. The average Bonchev–Trinajstić information content (AvgIpc) is 2.64. The monoisotopic (exact) mass is 282 g/mol. The third kappa shape index (κ3) is 3.07. The van der Waals surface area contributed by atoms with E-state index in [9.17, 15) is 13.2 Å². The molecule has 1 fully saturated rings. The van der Waals surface area contributed by atoms with E-state index in [-0.39, 0.29) is 17.4 Å². The summed E-state index contributed by atoms with van der Waals surface area (Å²) in [5, 5.41) is 2.83. The summed E-state index contributed by atoms with van der Waals surface area (Å²) in [5.41, 5.74) is 8.86. The zero-order valence-electron chi connectivity index (χ0n) is 11.1. The summed E-state index contributed by atoms with van der Waals surface area (Å²) >= 11 is 0. The van der Waals surface area contributed by atoms with E-state index in [1.54, 1.807) is 12.1 Å². The number of benzene rings is 1. The summed E-state index contributed by atoms with van der Waals surface area (Å²) in [5.74, 6) is -0.616. The Hall–Kier alpha value is -1.56. The Labute approximate surface area is 113 Å². The maximum absolute atomic E-state index is 12.1. The number of hydrogen-bond donors (Lipinski definition) is 2. The Balaban J connectivity index is 2.16. The van der Waals surface area contributed by atoms with Crippen LogP contribution in [0.25, 0.3) is 0 Å². The van der Waals surface area contributed by atoms with E-state index in [2.05, 4.69) is 5.32 Å². The van der Waals surface area contributed by atoms with E-state index in [4.69, 9.17) is 5.73 Å². The van der Waals surface area contributed by atoms with Crippen molar-refractivity contribution in [2.24, 2.45) is 5.92 Å². The number of hydrogen-bond acceptors (Lipinski definition) is 4. The zero-order valence-corrected chi connectivity index (χ0v) is 11.9. The Bertz CT molecular complexity index is 600. The van der Waals surface area contributed by atoms with Gasteiger partial charge in [-0.05, 0) is 43.5 Å². The lowest BCUT2D eigenvalue weighted by atomic mass is 10.1. The van der Waals surface area contributed by atoms with Gasteiger partial charge in [-0.25, -0.2) is 8.42 Å². The topological polar surface area (TPSA) is 89.3 Å². The lowest BCUT2D eigenvalue weighted by Crippen LogP contribution is -2.24. The lowest BCUT2D eigenvalue weighted by Gasteiger charge is -2.15. The number of carbonyl (C=O) groups is 1. The molecule has 0 aliphatic carbocycles. The molecule has 0 saturated carbocycles. The molecule has 104 valence electrons. The van der Waals surface area contributed by atoms with Gasteiger partial charge in [0.05, 0.1) is 17.4 Å². The van der Waals surface area contributed by atoms with Crippen LogP contribution in [0.1, 0.15) is 17.5 Å². The largest absolute Gasteiger partial charge is 0.399 e. The van der Waals surface area contributed by atoms with Crippen molar-refractivity contribution in [2.75, 3.05) is 22.6 Å². The van der Waals surface area contributed by atoms with E-state index >= 15 is 0 Å². The molecule has 2 rings (SSSR count). The molecule has 0 bridgehead atoms. The van der Waals surface area contributed by atoms with Crippen molar-refractivity contribution in [3.8, 4) is 0 Å². The molecule has 1 heterocycles. The van der Waals surface area contributed by atoms with Gasteiger partial charge in [0, 0.05) is 11.4 Å². The van der Waals surface area contributed by atoms with Crippen molar-refractivity contribution in [3.63, 3.8) is 0 Å². The van der Waals surface area contributed by atoms with E-state index in [1.165, 1.54) is 0 Å². The molecular weight excluding hydrogens is 264 g/mol. The van der Waals surface area contributed by atoms with Crippen molar-refractivity contribution >= 4 is 27.1 Å². The third-order valence-corrected chi connectivity index (χ3v) is 5.17. The Morgan fingerprint density at radius 2 is 1.89 bits per heavy atom. The number of aryl methyl sites for hydroxylation is 2. The number of rotatable bonds is 2. The van der Waals surface area contributed by atoms with Crippen LogP contribution in [0.2, 0.25) is 0 Å². The first-order valence-corrected chi connectivity index (χ1v) is 7.98. The van der Waals surface area contributed by atoms with E-state index < -0.39 is 15.8 Å². The molecule has 3 N–H and O–H groups in total. The summed E-state index contributed by atoms with van der Waals surface area (Å²) in [7, 11) is -3.04. The second kappa shape index (κ2) is 4.85. The second-order valence-electron chi connectivity index (χ2n) is 5.12. The van der Waals surface area contributed by atoms with Crippen LogP contribution in [0, 0.1) is 19.8 Å². The highest BCUT2D eigenvalue weighted by Crippen LogP contribution is 2.26. The highest BCUT2D eigenvalue weighted by Gasteiger charge is 2.33. The highest BCUT2D eigenvalue weighted by atomic mass is 32.2. The van der Waals surface area contributed by atoms with Crippen LogP contribution in [0.3, 0.4) is 0 Å². The van der Waals surface area contributed by atoms with Crippen LogP contribution in [-0.2, 0) is 14.6 Å². The van der Waals surface area contributed by atoms with Crippen molar-refractivity contribution in [2.45, 2.75) is 20.3 Å². The maximum Gasteiger partial charge on any atom is 0.228 e. The van der Waals surface area contributed by atoms with Crippen molar-refractivity contribution in [1.82, 2.24) is 0 Å². The predicted molar refractivity (Wildman–Crippen MR) is 75.7 cm³/mol. The molecule has 19 heavy (non-hydrogen) atoms. The fourth-order valence-corrected chi connectivity index (χ4v) is 4.16. The quantitative estimate of drug-likeness (QED) is 0.799. The van der Waals surface area contributed by atoms with Gasteiger partial charge in [-0.15, -0.1) is 0 Å². The summed E-state index contributed by atoms with van der Waals surface area (Å²) in [6, 6.07) is 3.57. The highest BCUT2D eigenvalue weighted by molar-refractivity contribution is 7.91. The number of amides is 1. The number of carbonyl (C=O) groups excluding carboxylic acids is 1. The van der Waals surface area contributed by atoms with Gasteiger partial charge in [0.1, 0.15) is 0 Å². The number of anilines is 2. The van der Waals surface area contributed by atoms with Crippen molar-refractivity contribution in [1.29, 1.82) is 0 Å². The second-order valence-corrected chi connectivity index (χ2v) is 7.35. The third-order valence-electron chi connectivity index (χ3n) is 3.41. The molecule has 1 atom stereocenters. The van der Waals surface area contributed by atoms with Crippen molar-refractivity contribution in [3.05, 3.63) is 23.3 Å². The Morgan fingerprint density at radius 3 is 2.37 bits per heavy atom. The summed E-state index contributed by atoms with van der Waals surface area (Å²) in [6.45, 7) is 3.73. The number of sulfone groups is 1. The summed E-state index contributed by atoms with van der Waals surface area (Å²) in [4.78, 5) is 12.1. The molecule has 1 saturated heterocycles. The van der Waals surface area contributed by atoms with Gasteiger partial charge in [0.15, 0.2) is 9.84 Å². The van der Waals surface area contributed by atoms with Gasteiger partial charge in [-0.1, -0.05) is 0 Å². The van der Waals surface area contributed by atoms with Crippen LogP contribution in [-0.4, -0.2) is 25.8 Å². The molecule has 0 spiro atoms. The van der Waals surface area contributed by atoms with E-state index in [0.29, 0.717) is 12.1 Å². The molecule has 0 radical (unpaired) electrons. The number of nitrogens with two attached hydrogens (primary N) is 1. The normalized spacial score (nSPS) is 21.3. The molecule has 1 unspecified atom stereocenters. The van der Waals surface area contributed by atoms with Crippen molar-refractivity contribution < 1.29 is 13.2 Å². The van der Waals surface area contributed by atoms with E-state index in [1.807, 2.05) is 13.8 Å². The van der Waals surface area contributed by atoms with Crippen LogP contribution < -0.4 is 11.1 Å². The first kappa shape index (κ1) is 13.9. The first-order valence-electron chi connectivity index (χ1n) is 6.16. The number of nitrogen functional groups attached to an aromatic ring is 1. The minimum Gasteiger partial charge on any atom is -0.399 e. The fraction of sp³-hybridized carbons (Fsp3) is 0.462. The molecule has 1 aromatic carbocycles. The minimum absolute atomic E-state index is 0.0497. The summed E-state index contributed by atoms with van der Waals surface area (Å²) in [6.07, 6.45) is 0.404. The first-order chi connectivity index (χ1) is 8.78. The SMILES string of the molecule is Cc1cc(N)cc(C)c1NC(=O)C1CCS(=O)(=O)C1. The van der Waals surface area contributed by atoms with Crippen LogP contribution in [0.4, 0.5) is 11.4 Å². The van der Waals surface area contributed by atoms with Gasteiger partial charge in [-0.3, -0.25) is 4.79 Å². The standard InChI is InChI=1S/C13H18N2O3S/c1-8-5-11(14)6-9(2)12(8)15-13(16)10-3-4-19(17,18)7-10/h5-6,10H,3-4,7,14H2,1-2H3,(H,15,16). The molecule has 6 heteroatoms. The van der Waals surface area contributed by atoms with E-state index in [0.717, 1.165) is 16.8 Å². The average molecular weight is 282 g/mol. The van der Waals surface area contributed by atoms with Crippen LogP contribution in [0.15, 0.2) is 12.1 Å². The number of nitrogens with one attached hydrogen (secondary N) is 1. The zero-order chi connectivity index (χ0) is 14.2. The maximum atomic E-state index is 12.1. The van der Waals surface area contributed by atoms with Gasteiger partial charge < -0.3 is 11.1 Å². The molecular formula is C13H18N2O3S. The molecule has 1 aliphatic heterocycles. The van der Waals surface area contributed by atoms with Crippen LogP contribution >= 0.6 is 0 Å². The lowest BCUT2D eigenvalue weighted by molar-refractivity contribution is -0.119. The molecule has 0 aromatic heterocycles. The van der Waals surface area contributed by atoms with Gasteiger partial charge in [-0.2, -0.15) is 0 Å². The minimum atomic E-state index is -3.04. The predicted octanol–water partition coefficient (Wildman–Crippen LogP) is 1.26. The fourth-order valence-electron chi connectivity index (χ4n) is 2.42. The van der Waals surface area contributed by atoms with Crippen LogP contribution in [0.5, 0.6) is 0 Å². The van der Waals surface area contributed by atoms with Gasteiger partial charge in [0.2, 0.25) is 5.91 Å². The smallest absolute Gasteiger partial charge is 0.228 e. The molecule has 1 amide bonds. The molecule has 5 nitrogen and oxygen atoms in total. The molecule has 1 aliphatic rings.